The number of aromatic nitrogens is 3. The van der Waals surface area contributed by atoms with E-state index in [0.717, 1.165) is 35.9 Å². The van der Waals surface area contributed by atoms with E-state index in [1.165, 1.54) is 43.5 Å². The first-order chi connectivity index (χ1) is 18.7. The number of nitrogens with zero attached hydrogens (tertiary/aromatic N) is 6. The lowest BCUT2D eigenvalue weighted by molar-refractivity contribution is 0.149. The van der Waals surface area contributed by atoms with E-state index >= 15 is 0 Å². The van der Waals surface area contributed by atoms with Crippen molar-refractivity contribution in [1.82, 2.24) is 24.2 Å². The number of halogens is 1. The number of likely N-dealkylation sites (N-methyl/N-ethyl adjacent to an activating group) is 1. The maximum atomic E-state index is 14.1. The minimum absolute atomic E-state index is 0.0381. The number of sulfonamides is 1. The number of piperazine rings is 1. The predicted octanol–water partition coefficient (Wildman–Crippen LogP) is 2.60. The molecule has 1 N–H and O–H groups in total. The standard InChI is InChI=1S/C25H27FN6O4S3/c1-29-6-8-30(9-7-29)14-19-15-31-24(34)22(33)21(28-25(31)38-19)23-27-13-18(37-23)11-16-3-4-17(26)12-20(16)32-5-2-10-39(32,35)36/h3-4,12-13,15,33H,2,5-11,14H2,1H3. The van der Waals surface area contributed by atoms with Crippen molar-refractivity contribution in [2.45, 2.75) is 19.4 Å². The number of hydrogen-bond acceptors (Lipinski definition) is 10. The van der Waals surface area contributed by atoms with Crippen LogP contribution in [0.4, 0.5) is 10.1 Å². The van der Waals surface area contributed by atoms with Gasteiger partial charge in [0.15, 0.2) is 4.96 Å². The van der Waals surface area contributed by atoms with Crippen LogP contribution in [-0.2, 0) is 23.0 Å². The van der Waals surface area contributed by atoms with Crippen LogP contribution in [0.5, 0.6) is 5.75 Å². The Labute approximate surface area is 232 Å². The molecular formula is C25H27FN6O4S3. The second kappa shape index (κ2) is 10.2. The SMILES string of the molecule is CN1CCN(Cc2cn3c(=O)c(O)c(-c4ncc(Cc5ccc(F)cc5N5CCCS5(=O)=O)s4)nc3s2)CC1. The van der Waals surface area contributed by atoms with Crippen molar-refractivity contribution < 1.29 is 17.9 Å². The number of anilines is 1. The van der Waals surface area contributed by atoms with Gasteiger partial charge in [0.05, 0.1) is 11.4 Å². The topological polar surface area (TPSA) is 111 Å². The van der Waals surface area contributed by atoms with Crippen LogP contribution in [0, 0.1) is 5.82 Å². The van der Waals surface area contributed by atoms with Gasteiger partial charge in [-0.25, -0.2) is 22.8 Å². The summed E-state index contributed by atoms with van der Waals surface area (Å²) in [5, 5.41) is 11.1. The monoisotopic (exact) mass is 590 g/mol. The van der Waals surface area contributed by atoms with Crippen LogP contribution < -0.4 is 9.86 Å². The normalized spacial score (nSPS) is 18.4. The third kappa shape index (κ3) is 5.18. The molecule has 0 aliphatic carbocycles. The van der Waals surface area contributed by atoms with Gasteiger partial charge in [-0.15, -0.1) is 11.3 Å². The second-order valence-electron chi connectivity index (χ2n) is 9.87. The summed E-state index contributed by atoms with van der Waals surface area (Å²) >= 11 is 2.67. The lowest BCUT2D eigenvalue weighted by Crippen LogP contribution is -2.43. The van der Waals surface area contributed by atoms with Crippen molar-refractivity contribution in [3.8, 4) is 16.5 Å². The fourth-order valence-electron chi connectivity index (χ4n) is 4.94. The van der Waals surface area contributed by atoms with E-state index < -0.39 is 27.1 Å². The lowest BCUT2D eigenvalue weighted by atomic mass is 10.1. The van der Waals surface area contributed by atoms with Crippen LogP contribution in [-0.4, -0.2) is 83.2 Å². The number of benzene rings is 1. The Kier molecular flexibility index (Phi) is 6.91. The van der Waals surface area contributed by atoms with Crippen molar-refractivity contribution in [3.63, 3.8) is 0 Å². The first kappa shape index (κ1) is 26.3. The van der Waals surface area contributed by atoms with Gasteiger partial charge in [-0.1, -0.05) is 17.4 Å². The zero-order valence-electron chi connectivity index (χ0n) is 21.2. The molecule has 2 aliphatic heterocycles. The molecule has 2 saturated heterocycles. The predicted molar refractivity (Wildman–Crippen MR) is 150 cm³/mol. The summed E-state index contributed by atoms with van der Waals surface area (Å²) in [6, 6.07) is 4.14. The van der Waals surface area contributed by atoms with E-state index in [4.69, 9.17) is 0 Å². The fourth-order valence-corrected chi connectivity index (χ4v) is 8.47. The highest BCUT2D eigenvalue weighted by molar-refractivity contribution is 7.93. The first-order valence-electron chi connectivity index (χ1n) is 12.6. The Hall–Kier alpha value is -2.91. The molecule has 2 aliphatic rings. The zero-order chi connectivity index (χ0) is 27.3. The molecule has 39 heavy (non-hydrogen) atoms. The molecule has 2 fully saturated rings. The maximum Gasteiger partial charge on any atom is 0.301 e. The van der Waals surface area contributed by atoms with Crippen LogP contribution in [0.2, 0.25) is 0 Å². The van der Waals surface area contributed by atoms with Crippen molar-refractivity contribution in [2.24, 2.45) is 0 Å². The zero-order valence-corrected chi connectivity index (χ0v) is 23.7. The molecule has 0 atom stereocenters. The summed E-state index contributed by atoms with van der Waals surface area (Å²) in [6.07, 6.45) is 4.16. The molecule has 5 heterocycles. The molecular weight excluding hydrogens is 564 g/mol. The molecule has 6 rings (SSSR count). The van der Waals surface area contributed by atoms with Crippen molar-refractivity contribution in [3.05, 3.63) is 62.1 Å². The van der Waals surface area contributed by atoms with E-state index in [1.54, 1.807) is 18.5 Å². The molecule has 0 radical (unpaired) electrons. The molecule has 0 amide bonds. The molecule has 3 aromatic heterocycles. The summed E-state index contributed by atoms with van der Waals surface area (Å²) in [5.74, 6) is -0.939. The van der Waals surface area contributed by atoms with Crippen molar-refractivity contribution >= 4 is 43.3 Å². The van der Waals surface area contributed by atoms with Gasteiger partial charge in [-0.2, -0.15) is 0 Å². The van der Waals surface area contributed by atoms with Gasteiger partial charge in [0.1, 0.15) is 16.5 Å². The lowest BCUT2D eigenvalue weighted by Gasteiger charge is -2.31. The highest BCUT2D eigenvalue weighted by Gasteiger charge is 2.30. The largest absolute Gasteiger partial charge is 0.501 e. The molecule has 206 valence electrons. The number of thiazole rings is 2. The molecule has 0 bridgehead atoms. The maximum absolute atomic E-state index is 14.1. The van der Waals surface area contributed by atoms with Gasteiger partial charge in [0, 0.05) is 67.8 Å². The van der Waals surface area contributed by atoms with E-state index in [-0.39, 0.29) is 11.4 Å². The summed E-state index contributed by atoms with van der Waals surface area (Å²) in [6.45, 7) is 4.91. The number of fused-ring (bicyclic) bond motifs is 1. The van der Waals surface area contributed by atoms with Crippen molar-refractivity contribution in [2.75, 3.05) is 49.8 Å². The third-order valence-electron chi connectivity index (χ3n) is 7.07. The highest BCUT2D eigenvalue weighted by atomic mass is 32.2. The van der Waals surface area contributed by atoms with Crippen molar-refractivity contribution in [1.29, 1.82) is 0 Å². The summed E-state index contributed by atoms with van der Waals surface area (Å²) in [4.78, 5) is 28.8. The first-order valence-corrected chi connectivity index (χ1v) is 15.8. The van der Waals surface area contributed by atoms with E-state index in [0.29, 0.717) is 47.2 Å². The Morgan fingerprint density at radius 2 is 1.90 bits per heavy atom. The minimum Gasteiger partial charge on any atom is -0.501 e. The van der Waals surface area contributed by atoms with Gasteiger partial charge in [0.2, 0.25) is 15.8 Å². The summed E-state index contributed by atoms with van der Waals surface area (Å²) in [5.41, 5.74) is 0.546. The molecule has 4 aromatic rings. The molecule has 0 saturated carbocycles. The minimum atomic E-state index is -3.48. The smallest absolute Gasteiger partial charge is 0.301 e. The van der Waals surface area contributed by atoms with Crippen LogP contribution in [0.1, 0.15) is 21.7 Å². The van der Waals surface area contributed by atoms with E-state index in [9.17, 15) is 22.7 Å². The molecule has 1 aromatic carbocycles. The Balaban J connectivity index is 1.28. The number of aromatic hydroxyl groups is 1. The molecule has 10 nitrogen and oxygen atoms in total. The van der Waals surface area contributed by atoms with Gasteiger partial charge in [-0.05, 0) is 31.2 Å². The van der Waals surface area contributed by atoms with Gasteiger partial charge in [-0.3, -0.25) is 18.4 Å². The highest BCUT2D eigenvalue weighted by Crippen LogP contribution is 2.34. The van der Waals surface area contributed by atoms with Gasteiger partial charge < -0.3 is 10.0 Å². The average Bonchev–Trinajstić information content (AvgIpc) is 3.62. The Morgan fingerprint density at radius 1 is 1.10 bits per heavy atom. The van der Waals surface area contributed by atoms with Gasteiger partial charge in [0.25, 0.3) is 0 Å². The molecule has 0 unspecified atom stereocenters. The van der Waals surface area contributed by atoms with Crippen LogP contribution in [0.3, 0.4) is 0 Å². The van der Waals surface area contributed by atoms with Gasteiger partial charge >= 0.3 is 5.56 Å². The van der Waals surface area contributed by atoms with E-state index in [1.807, 2.05) is 0 Å². The average molecular weight is 591 g/mol. The third-order valence-corrected chi connectivity index (χ3v) is 10.9. The van der Waals surface area contributed by atoms with Crippen LogP contribution in [0.15, 0.2) is 35.4 Å². The van der Waals surface area contributed by atoms with E-state index in [2.05, 4.69) is 26.8 Å². The fraction of sp³-hybridized carbons (Fsp3) is 0.400. The number of rotatable bonds is 6. The summed E-state index contributed by atoms with van der Waals surface area (Å²) < 4.78 is 41.7. The molecule has 0 spiro atoms. The molecule has 14 heteroatoms. The number of hydrogen-bond donors (Lipinski definition) is 1. The summed E-state index contributed by atoms with van der Waals surface area (Å²) in [7, 11) is -1.38. The second-order valence-corrected chi connectivity index (χ2v) is 14.1. The van der Waals surface area contributed by atoms with Crippen LogP contribution in [0.25, 0.3) is 15.7 Å². The van der Waals surface area contributed by atoms with Crippen LogP contribution >= 0.6 is 22.7 Å². The quantitative estimate of drug-likeness (QED) is 0.365. The Bertz CT molecular complexity index is 1710. The Morgan fingerprint density at radius 3 is 2.64 bits per heavy atom.